The maximum absolute atomic E-state index is 12.3. The van der Waals surface area contributed by atoms with Crippen molar-refractivity contribution in [2.75, 3.05) is 17.7 Å². The molecule has 4 nitrogen and oxygen atoms in total. The zero-order chi connectivity index (χ0) is 14.0. The van der Waals surface area contributed by atoms with Gasteiger partial charge >= 0.3 is 0 Å². The number of pyridine rings is 1. The normalized spacial score (nSPS) is 10.3. The van der Waals surface area contributed by atoms with Gasteiger partial charge in [0.25, 0.3) is 5.91 Å². The number of rotatable bonds is 2. The number of halogens is 2. The summed E-state index contributed by atoms with van der Waals surface area (Å²) in [6, 6.07) is 8.33. The van der Waals surface area contributed by atoms with E-state index in [1.165, 1.54) is 17.2 Å². The molecule has 98 valence electrons. The second-order valence-corrected chi connectivity index (χ2v) is 4.70. The topological polar surface area (TPSA) is 59.2 Å². The van der Waals surface area contributed by atoms with E-state index < -0.39 is 0 Å². The number of nitrogen functional groups attached to an aromatic ring is 1. The van der Waals surface area contributed by atoms with E-state index >= 15 is 0 Å². The van der Waals surface area contributed by atoms with Gasteiger partial charge in [0.2, 0.25) is 0 Å². The van der Waals surface area contributed by atoms with E-state index in [9.17, 15) is 4.79 Å². The van der Waals surface area contributed by atoms with Crippen LogP contribution in [-0.2, 0) is 0 Å². The third kappa shape index (κ3) is 2.80. The molecule has 19 heavy (non-hydrogen) atoms. The Morgan fingerprint density at radius 3 is 2.63 bits per heavy atom. The molecule has 0 aliphatic rings. The first-order valence-corrected chi connectivity index (χ1v) is 6.20. The molecule has 1 amide bonds. The van der Waals surface area contributed by atoms with Crippen LogP contribution in [0.5, 0.6) is 0 Å². The highest BCUT2D eigenvalue weighted by atomic mass is 35.5. The van der Waals surface area contributed by atoms with Crippen molar-refractivity contribution in [1.82, 2.24) is 4.98 Å². The van der Waals surface area contributed by atoms with Crippen LogP contribution in [0.4, 0.5) is 11.4 Å². The van der Waals surface area contributed by atoms with Crippen LogP contribution >= 0.6 is 23.2 Å². The second-order valence-electron chi connectivity index (χ2n) is 3.91. The van der Waals surface area contributed by atoms with Gasteiger partial charge in [-0.1, -0.05) is 35.3 Å². The molecule has 0 aliphatic carbocycles. The molecule has 2 rings (SSSR count). The van der Waals surface area contributed by atoms with Crippen molar-refractivity contribution in [2.45, 2.75) is 0 Å². The standard InChI is InChI=1S/C13H11Cl2N3O/c1-18(11-7-17-12(15)6-9(11)14)13(19)8-4-2-3-5-10(8)16/h2-7H,16H2,1H3. The summed E-state index contributed by atoms with van der Waals surface area (Å²) >= 11 is 11.8. The summed E-state index contributed by atoms with van der Waals surface area (Å²) in [7, 11) is 1.60. The molecule has 0 unspecified atom stereocenters. The molecule has 1 heterocycles. The number of aromatic nitrogens is 1. The van der Waals surface area contributed by atoms with Crippen molar-refractivity contribution in [1.29, 1.82) is 0 Å². The van der Waals surface area contributed by atoms with Gasteiger partial charge in [-0.15, -0.1) is 0 Å². The van der Waals surface area contributed by atoms with E-state index in [1.54, 1.807) is 31.3 Å². The van der Waals surface area contributed by atoms with E-state index in [2.05, 4.69) is 4.98 Å². The minimum Gasteiger partial charge on any atom is -0.398 e. The predicted molar refractivity (Wildman–Crippen MR) is 77.8 cm³/mol. The maximum atomic E-state index is 12.3. The molecule has 0 aliphatic heterocycles. The van der Waals surface area contributed by atoms with Gasteiger partial charge in [-0.05, 0) is 18.2 Å². The summed E-state index contributed by atoms with van der Waals surface area (Å²) in [4.78, 5) is 17.6. The third-order valence-corrected chi connectivity index (χ3v) is 3.17. The molecule has 6 heteroatoms. The molecule has 0 bridgehead atoms. The lowest BCUT2D eigenvalue weighted by Crippen LogP contribution is -2.27. The average Bonchev–Trinajstić information content (AvgIpc) is 2.38. The maximum Gasteiger partial charge on any atom is 0.260 e. The Hall–Kier alpha value is -1.78. The fourth-order valence-corrected chi connectivity index (χ4v) is 2.12. The number of amides is 1. The second kappa shape index (κ2) is 5.47. The van der Waals surface area contributed by atoms with Crippen molar-refractivity contribution < 1.29 is 4.79 Å². The van der Waals surface area contributed by atoms with Crippen molar-refractivity contribution in [3.63, 3.8) is 0 Å². The first-order chi connectivity index (χ1) is 9.00. The Balaban J connectivity index is 2.37. The van der Waals surface area contributed by atoms with Crippen LogP contribution in [0.3, 0.4) is 0 Å². The van der Waals surface area contributed by atoms with Crippen molar-refractivity contribution >= 4 is 40.5 Å². The molecule has 0 saturated carbocycles. The van der Waals surface area contributed by atoms with Crippen LogP contribution in [0.15, 0.2) is 36.5 Å². The van der Waals surface area contributed by atoms with Crippen molar-refractivity contribution in [3.05, 3.63) is 52.3 Å². The number of benzene rings is 1. The smallest absolute Gasteiger partial charge is 0.260 e. The molecule has 0 saturated heterocycles. The highest BCUT2D eigenvalue weighted by Crippen LogP contribution is 2.27. The Morgan fingerprint density at radius 1 is 1.32 bits per heavy atom. The van der Waals surface area contributed by atoms with Crippen molar-refractivity contribution in [3.8, 4) is 0 Å². The van der Waals surface area contributed by atoms with Crippen LogP contribution in [0.25, 0.3) is 0 Å². The number of anilines is 2. The van der Waals surface area contributed by atoms with Gasteiger partial charge in [-0.25, -0.2) is 4.98 Å². The molecule has 0 spiro atoms. The first kappa shape index (κ1) is 13.6. The van der Waals surface area contributed by atoms with E-state index in [0.717, 1.165) is 0 Å². The molecule has 2 aromatic rings. The summed E-state index contributed by atoms with van der Waals surface area (Å²) in [5.41, 5.74) is 7.08. The number of nitrogens with zero attached hydrogens (tertiary/aromatic N) is 2. The first-order valence-electron chi connectivity index (χ1n) is 5.44. The molecular weight excluding hydrogens is 285 g/mol. The Kier molecular flexibility index (Phi) is 3.93. The zero-order valence-electron chi connectivity index (χ0n) is 10.1. The van der Waals surface area contributed by atoms with Gasteiger partial charge in [0.15, 0.2) is 0 Å². The van der Waals surface area contributed by atoms with Gasteiger partial charge in [0.1, 0.15) is 5.15 Å². The predicted octanol–water partition coefficient (Wildman–Crippen LogP) is 3.25. The molecule has 0 atom stereocenters. The van der Waals surface area contributed by atoms with Gasteiger partial charge in [-0.3, -0.25) is 4.79 Å². The largest absolute Gasteiger partial charge is 0.398 e. The van der Waals surface area contributed by atoms with Crippen LogP contribution < -0.4 is 10.6 Å². The lowest BCUT2D eigenvalue weighted by atomic mass is 10.1. The van der Waals surface area contributed by atoms with E-state index in [4.69, 9.17) is 28.9 Å². The minimum absolute atomic E-state index is 0.260. The average molecular weight is 296 g/mol. The van der Waals surface area contributed by atoms with Crippen LogP contribution in [-0.4, -0.2) is 17.9 Å². The highest BCUT2D eigenvalue weighted by Gasteiger charge is 2.18. The summed E-state index contributed by atoms with van der Waals surface area (Å²) in [6.07, 6.45) is 1.45. The number of para-hydroxylation sites is 1. The fourth-order valence-electron chi connectivity index (χ4n) is 1.63. The lowest BCUT2D eigenvalue weighted by Gasteiger charge is -2.19. The minimum atomic E-state index is -0.260. The Morgan fingerprint density at radius 2 is 2.00 bits per heavy atom. The summed E-state index contributed by atoms with van der Waals surface area (Å²) in [5.74, 6) is -0.260. The van der Waals surface area contributed by atoms with E-state index in [-0.39, 0.29) is 11.1 Å². The van der Waals surface area contributed by atoms with Crippen LogP contribution in [0.1, 0.15) is 10.4 Å². The van der Waals surface area contributed by atoms with Gasteiger partial charge in [0.05, 0.1) is 22.5 Å². The fraction of sp³-hybridized carbons (Fsp3) is 0.0769. The zero-order valence-corrected chi connectivity index (χ0v) is 11.6. The van der Waals surface area contributed by atoms with Gasteiger partial charge in [-0.2, -0.15) is 0 Å². The van der Waals surface area contributed by atoms with Gasteiger partial charge in [0, 0.05) is 12.7 Å². The molecular formula is C13H11Cl2N3O. The molecule has 2 N–H and O–H groups in total. The third-order valence-electron chi connectivity index (χ3n) is 2.66. The Bertz CT molecular complexity index is 631. The number of carbonyl (C=O) groups is 1. The molecule has 0 fully saturated rings. The summed E-state index contributed by atoms with van der Waals surface area (Å²) in [6.45, 7) is 0. The molecule has 1 aromatic carbocycles. The number of hydrogen-bond donors (Lipinski definition) is 1. The number of hydrogen-bond acceptors (Lipinski definition) is 3. The quantitative estimate of drug-likeness (QED) is 0.683. The van der Waals surface area contributed by atoms with E-state index in [1.807, 2.05) is 0 Å². The molecule has 0 radical (unpaired) electrons. The number of nitrogens with two attached hydrogens (primary N) is 1. The summed E-state index contributed by atoms with van der Waals surface area (Å²) < 4.78 is 0. The monoisotopic (exact) mass is 295 g/mol. The lowest BCUT2D eigenvalue weighted by molar-refractivity contribution is 0.0994. The van der Waals surface area contributed by atoms with Crippen molar-refractivity contribution in [2.24, 2.45) is 0 Å². The SMILES string of the molecule is CN(C(=O)c1ccccc1N)c1cnc(Cl)cc1Cl. The van der Waals surface area contributed by atoms with Crippen LogP contribution in [0, 0.1) is 0 Å². The summed E-state index contributed by atoms with van der Waals surface area (Å²) in [5, 5.41) is 0.624. The Labute approximate surface area is 120 Å². The van der Waals surface area contributed by atoms with E-state index in [0.29, 0.717) is 22.0 Å². The number of carbonyl (C=O) groups excluding carboxylic acids is 1. The highest BCUT2D eigenvalue weighted by molar-refractivity contribution is 6.36. The van der Waals surface area contributed by atoms with Gasteiger partial charge < -0.3 is 10.6 Å². The van der Waals surface area contributed by atoms with Crippen LogP contribution in [0.2, 0.25) is 10.2 Å². The molecule has 1 aromatic heterocycles.